The van der Waals surface area contributed by atoms with E-state index in [1.165, 1.54) is 11.8 Å². The van der Waals surface area contributed by atoms with E-state index < -0.39 is 103 Å². The quantitative estimate of drug-likeness (QED) is 0.0475. The monoisotopic (exact) mass is 704 g/mol. The van der Waals surface area contributed by atoms with E-state index in [1.54, 1.807) is 27.7 Å². The fraction of sp³-hybridized carbons (Fsp3) is 0.724. The van der Waals surface area contributed by atoms with Gasteiger partial charge >= 0.3 is 5.97 Å². The van der Waals surface area contributed by atoms with Crippen molar-refractivity contribution in [3.63, 3.8) is 0 Å². The van der Waals surface area contributed by atoms with Crippen LogP contribution in [0.4, 0.5) is 0 Å². The lowest BCUT2D eigenvalue weighted by Crippen LogP contribution is -2.61. The van der Waals surface area contributed by atoms with Gasteiger partial charge in [-0.3, -0.25) is 33.6 Å². The fourth-order valence-electron chi connectivity index (χ4n) is 4.27. The molecule has 0 aliphatic heterocycles. The van der Waals surface area contributed by atoms with Gasteiger partial charge < -0.3 is 54.0 Å². The van der Waals surface area contributed by atoms with Gasteiger partial charge in [-0.25, -0.2) is 4.79 Å². The van der Waals surface area contributed by atoms with Crippen molar-refractivity contribution in [1.29, 1.82) is 0 Å². The van der Waals surface area contributed by atoms with E-state index in [9.17, 15) is 48.6 Å². The number of thioether (sulfide) groups is 1. The van der Waals surface area contributed by atoms with Crippen LogP contribution in [0.15, 0.2) is 0 Å². The number of nitrogens with one attached hydrogen (secondary N) is 5. The SMILES string of the molecule is CC[C@H](C)[C@H](NC(=O)[C@H](CC(N)=O)NC(=O)[C@H](CCC(N)=O)NC(=O)[C@@H](N)CCSC)C(=O)N[C@@H](CO)C(=O)N[C@@H](CC(C)C)C(=O)O. The molecule has 0 rings (SSSR count). The highest BCUT2D eigenvalue weighted by atomic mass is 32.2. The normalized spacial score (nSPS) is 15.4. The van der Waals surface area contributed by atoms with Crippen LogP contribution in [-0.2, 0) is 38.4 Å². The highest BCUT2D eigenvalue weighted by molar-refractivity contribution is 7.98. The van der Waals surface area contributed by atoms with Crippen molar-refractivity contribution in [2.75, 3.05) is 18.6 Å². The number of aliphatic carboxylic acids is 1. The van der Waals surface area contributed by atoms with Gasteiger partial charge in [-0.1, -0.05) is 34.1 Å². The van der Waals surface area contributed by atoms with Crippen LogP contribution >= 0.6 is 11.8 Å². The number of rotatable bonds is 24. The smallest absolute Gasteiger partial charge is 0.326 e. The van der Waals surface area contributed by atoms with E-state index in [0.717, 1.165) is 0 Å². The average Bonchev–Trinajstić information content (AvgIpc) is 3.00. The zero-order valence-corrected chi connectivity index (χ0v) is 28.9. The first-order chi connectivity index (χ1) is 22.4. The Bertz CT molecular complexity index is 1140. The minimum Gasteiger partial charge on any atom is -0.480 e. The number of aliphatic hydroxyl groups excluding tert-OH is 1. The number of carboxylic acid groups (broad SMARTS) is 1. The van der Waals surface area contributed by atoms with E-state index in [0.29, 0.717) is 18.6 Å². The molecule has 0 unspecified atom stereocenters. The molecule has 13 N–H and O–H groups in total. The number of nitrogens with two attached hydrogens (primary N) is 3. The molecule has 0 saturated heterocycles. The Balaban J connectivity index is 6.03. The van der Waals surface area contributed by atoms with Crippen molar-refractivity contribution in [2.45, 2.75) is 102 Å². The average molecular weight is 705 g/mol. The number of hydrogen-bond acceptors (Lipinski definition) is 11. The summed E-state index contributed by atoms with van der Waals surface area (Å²) in [5.74, 6) is -7.75. The maximum Gasteiger partial charge on any atom is 0.326 e. The molecule has 0 aliphatic rings. The Hall–Kier alpha value is -3.97. The summed E-state index contributed by atoms with van der Waals surface area (Å²) >= 11 is 1.45. The second-order valence-electron chi connectivity index (χ2n) is 11.8. The van der Waals surface area contributed by atoms with Gasteiger partial charge in [0.2, 0.25) is 41.4 Å². The Kier molecular flexibility index (Phi) is 20.7. The molecular formula is C29H52N8O10S. The third-order valence-electron chi connectivity index (χ3n) is 7.25. The van der Waals surface area contributed by atoms with E-state index in [-0.39, 0.29) is 25.2 Å². The lowest BCUT2D eigenvalue weighted by Gasteiger charge is -2.29. The maximum absolute atomic E-state index is 13.4. The minimum absolute atomic E-state index is 0.0869. The number of hydrogen-bond donors (Lipinski definition) is 10. The van der Waals surface area contributed by atoms with Crippen molar-refractivity contribution >= 4 is 59.1 Å². The van der Waals surface area contributed by atoms with Gasteiger partial charge in [-0.05, 0) is 43.1 Å². The Morgan fingerprint density at radius 2 is 1.23 bits per heavy atom. The van der Waals surface area contributed by atoms with Crippen molar-refractivity contribution in [3.8, 4) is 0 Å². The fourth-order valence-corrected chi connectivity index (χ4v) is 4.76. The molecule has 7 amide bonds. The van der Waals surface area contributed by atoms with E-state index in [2.05, 4.69) is 26.6 Å². The molecule has 0 aromatic carbocycles. The number of amides is 7. The molecule has 0 aliphatic carbocycles. The third kappa shape index (κ3) is 16.7. The van der Waals surface area contributed by atoms with Crippen molar-refractivity contribution in [3.05, 3.63) is 0 Å². The van der Waals surface area contributed by atoms with Crippen molar-refractivity contribution < 1.29 is 48.6 Å². The molecule has 0 heterocycles. The standard InChI is InChI=1S/C29H52N8O10S/c1-6-15(4)23(28(45)36-20(13-38)27(44)35-19(29(46)47)11-14(2)3)37-26(43)18(12-22(32)40)34-25(42)17(7-8-21(31)39)33-24(41)16(30)9-10-48-5/h14-20,23,38H,6-13,30H2,1-5H3,(H2,31,39)(H2,32,40)(H,33,41)(H,34,42)(H,35,44)(H,36,45)(H,37,43)(H,46,47)/t15-,16-,17-,18-,19-,20-,23-/m0/s1. The summed E-state index contributed by atoms with van der Waals surface area (Å²) in [6.07, 6.45) is 1.24. The van der Waals surface area contributed by atoms with Crippen LogP contribution in [0.2, 0.25) is 0 Å². The molecule has 0 fully saturated rings. The predicted molar refractivity (Wildman–Crippen MR) is 176 cm³/mol. The van der Waals surface area contributed by atoms with Gasteiger partial charge in [0, 0.05) is 6.42 Å². The summed E-state index contributed by atoms with van der Waals surface area (Å²) < 4.78 is 0. The number of carbonyl (C=O) groups excluding carboxylic acids is 7. The van der Waals surface area contributed by atoms with Crippen LogP contribution in [0, 0.1) is 11.8 Å². The summed E-state index contributed by atoms with van der Waals surface area (Å²) in [5.41, 5.74) is 16.4. The molecular weight excluding hydrogens is 652 g/mol. The van der Waals surface area contributed by atoms with E-state index in [1.807, 2.05) is 6.26 Å². The molecule has 274 valence electrons. The molecule has 0 saturated carbocycles. The van der Waals surface area contributed by atoms with Crippen LogP contribution in [0.1, 0.15) is 66.2 Å². The Morgan fingerprint density at radius 1 is 0.708 bits per heavy atom. The van der Waals surface area contributed by atoms with Gasteiger partial charge in [0.1, 0.15) is 30.2 Å². The second kappa shape index (κ2) is 22.6. The second-order valence-corrected chi connectivity index (χ2v) is 12.8. The predicted octanol–water partition coefficient (Wildman–Crippen LogP) is -3.20. The molecule has 0 aromatic rings. The molecule has 18 nitrogen and oxygen atoms in total. The van der Waals surface area contributed by atoms with Gasteiger partial charge in [-0.2, -0.15) is 11.8 Å². The van der Waals surface area contributed by atoms with Crippen LogP contribution in [-0.4, -0.2) is 112 Å². The summed E-state index contributed by atoms with van der Waals surface area (Å²) in [6.45, 7) is 5.91. The Morgan fingerprint density at radius 3 is 1.71 bits per heavy atom. The van der Waals surface area contributed by atoms with Gasteiger partial charge in [0.05, 0.1) is 19.1 Å². The highest BCUT2D eigenvalue weighted by Gasteiger charge is 2.35. The van der Waals surface area contributed by atoms with Gasteiger partial charge in [0.15, 0.2) is 0 Å². The van der Waals surface area contributed by atoms with Crippen LogP contribution in [0.25, 0.3) is 0 Å². The summed E-state index contributed by atoms with van der Waals surface area (Å²) in [6, 6.07) is -8.21. The zero-order valence-electron chi connectivity index (χ0n) is 28.1. The maximum atomic E-state index is 13.4. The molecule has 0 radical (unpaired) electrons. The van der Waals surface area contributed by atoms with E-state index in [4.69, 9.17) is 17.2 Å². The number of carbonyl (C=O) groups is 8. The first-order valence-corrected chi connectivity index (χ1v) is 16.9. The summed E-state index contributed by atoms with van der Waals surface area (Å²) in [5, 5.41) is 31.0. The summed E-state index contributed by atoms with van der Waals surface area (Å²) in [7, 11) is 0. The first kappa shape index (κ1) is 44.0. The van der Waals surface area contributed by atoms with Crippen molar-refractivity contribution in [2.24, 2.45) is 29.0 Å². The van der Waals surface area contributed by atoms with Crippen LogP contribution in [0.3, 0.4) is 0 Å². The summed E-state index contributed by atoms with van der Waals surface area (Å²) in [4.78, 5) is 100. The molecule has 7 atom stereocenters. The molecule has 0 bridgehead atoms. The highest BCUT2D eigenvalue weighted by Crippen LogP contribution is 2.11. The Labute approximate surface area is 284 Å². The largest absolute Gasteiger partial charge is 0.480 e. The van der Waals surface area contributed by atoms with Gasteiger partial charge in [0.25, 0.3) is 0 Å². The van der Waals surface area contributed by atoms with Gasteiger partial charge in [-0.15, -0.1) is 0 Å². The first-order valence-electron chi connectivity index (χ1n) is 15.5. The molecule has 0 spiro atoms. The van der Waals surface area contributed by atoms with E-state index >= 15 is 0 Å². The molecule has 48 heavy (non-hydrogen) atoms. The number of carboxylic acids is 1. The van der Waals surface area contributed by atoms with Crippen LogP contribution < -0.4 is 43.8 Å². The lowest BCUT2D eigenvalue weighted by atomic mass is 9.97. The zero-order chi connectivity index (χ0) is 37.1. The van der Waals surface area contributed by atoms with Crippen LogP contribution in [0.5, 0.6) is 0 Å². The molecule has 19 heteroatoms. The molecule has 0 aromatic heterocycles. The van der Waals surface area contributed by atoms with Crippen molar-refractivity contribution in [1.82, 2.24) is 26.6 Å². The number of aliphatic hydroxyl groups is 1. The lowest BCUT2D eigenvalue weighted by molar-refractivity contribution is -0.143. The third-order valence-corrected chi connectivity index (χ3v) is 7.89. The topological polar surface area (TPSA) is 315 Å². The number of primary amides is 2. The minimum atomic E-state index is -1.64.